The topological polar surface area (TPSA) is 9.23 Å². The van der Waals surface area contributed by atoms with Gasteiger partial charge in [0, 0.05) is 9.65 Å². The van der Waals surface area contributed by atoms with Crippen molar-refractivity contribution in [1.82, 2.24) is 0 Å². The van der Waals surface area contributed by atoms with Crippen LogP contribution in [0.25, 0.3) is 0 Å². The third kappa shape index (κ3) is 8.92. The molecule has 0 N–H and O–H groups in total. The number of hydrogen-bond acceptors (Lipinski definition) is 1. The number of halogens is 6. The zero-order valence-electron chi connectivity index (χ0n) is 14.2. The van der Waals surface area contributed by atoms with Crippen LogP contribution in [0, 0.1) is 0 Å². The van der Waals surface area contributed by atoms with Crippen LogP contribution in [0.5, 0.6) is 0 Å². The molecule has 0 saturated heterocycles. The smallest absolute Gasteiger partial charge is 0.115 e. The van der Waals surface area contributed by atoms with Gasteiger partial charge in [0.05, 0.1) is 12.2 Å². The van der Waals surface area contributed by atoms with Crippen LogP contribution in [0.2, 0.25) is 0 Å². The maximum Gasteiger partial charge on any atom is 0.115 e. The van der Waals surface area contributed by atoms with E-state index in [-0.39, 0.29) is 16.9 Å². The summed E-state index contributed by atoms with van der Waals surface area (Å²) in [6.07, 6.45) is 7.21. The summed E-state index contributed by atoms with van der Waals surface area (Å²) < 4.78 is 6.52. The molecule has 0 saturated carbocycles. The lowest BCUT2D eigenvalue weighted by Gasteiger charge is -2.41. The van der Waals surface area contributed by atoms with Crippen molar-refractivity contribution in [2.24, 2.45) is 0 Å². The van der Waals surface area contributed by atoms with Crippen molar-refractivity contribution in [3.05, 3.63) is 0 Å². The number of ether oxygens (including phenoxy) is 1. The molecule has 0 aromatic heterocycles. The summed E-state index contributed by atoms with van der Waals surface area (Å²) >= 11 is 20.4. The van der Waals surface area contributed by atoms with Crippen molar-refractivity contribution in [3.63, 3.8) is 0 Å². The standard InChI is InChI=1S/C16H28Br4I2O/c1-5-7-9-13(15(19,21)11(3)17)23-14(10-8-6-2)16(20,22)12(4)18/h11-14H,5-10H2,1-4H3. The van der Waals surface area contributed by atoms with Gasteiger partial charge in [-0.2, -0.15) is 0 Å². The van der Waals surface area contributed by atoms with Crippen LogP contribution >= 0.6 is 109 Å². The minimum Gasteiger partial charge on any atom is -0.370 e. The van der Waals surface area contributed by atoms with E-state index in [0.29, 0.717) is 9.65 Å². The predicted molar refractivity (Wildman–Crippen MR) is 136 cm³/mol. The predicted octanol–water partition coefficient (Wildman–Crippen LogP) is 8.74. The average molecular weight is 810 g/mol. The van der Waals surface area contributed by atoms with Gasteiger partial charge in [-0.1, -0.05) is 162 Å². The Labute approximate surface area is 203 Å². The Morgan fingerprint density at radius 1 is 0.826 bits per heavy atom. The Morgan fingerprint density at radius 3 is 1.35 bits per heavy atom. The van der Waals surface area contributed by atoms with E-state index in [1.807, 2.05) is 0 Å². The van der Waals surface area contributed by atoms with E-state index in [0.717, 1.165) is 12.8 Å². The molecule has 0 aromatic rings. The molecule has 0 amide bonds. The molecule has 0 aliphatic carbocycles. The lowest BCUT2D eigenvalue weighted by atomic mass is 10.0. The number of hydrogen-bond donors (Lipinski definition) is 0. The first-order valence-corrected chi connectivity index (χ1v) is 13.8. The summed E-state index contributed by atoms with van der Waals surface area (Å²) in [6, 6.07) is 0. The van der Waals surface area contributed by atoms with E-state index in [9.17, 15) is 0 Å². The van der Waals surface area contributed by atoms with E-state index in [1.165, 1.54) is 25.7 Å². The van der Waals surface area contributed by atoms with Crippen LogP contribution in [-0.4, -0.2) is 26.5 Å². The van der Waals surface area contributed by atoms with Gasteiger partial charge in [0.15, 0.2) is 0 Å². The zero-order valence-corrected chi connectivity index (χ0v) is 24.9. The summed E-state index contributed by atoms with van der Waals surface area (Å²) in [6.45, 7) is 8.84. The first-order chi connectivity index (χ1) is 10.5. The average Bonchev–Trinajstić information content (AvgIpc) is 2.45. The zero-order chi connectivity index (χ0) is 18.3. The molecule has 140 valence electrons. The molecule has 0 radical (unpaired) electrons. The molecule has 0 rings (SSSR count). The fourth-order valence-electron chi connectivity index (χ4n) is 2.19. The molecule has 0 aromatic carbocycles. The number of alkyl halides is 6. The van der Waals surface area contributed by atoms with Gasteiger partial charge in [-0.3, -0.25) is 0 Å². The van der Waals surface area contributed by atoms with E-state index in [4.69, 9.17) is 4.74 Å². The van der Waals surface area contributed by atoms with Crippen LogP contribution in [0.4, 0.5) is 0 Å². The molecule has 0 aliphatic heterocycles. The summed E-state index contributed by atoms with van der Waals surface area (Å²) in [7, 11) is 0. The molecule has 0 bridgehead atoms. The third-order valence-corrected chi connectivity index (χ3v) is 13.9. The Hall–Kier alpha value is 3.34. The van der Waals surface area contributed by atoms with Crippen molar-refractivity contribution in [2.45, 2.75) is 92.7 Å². The normalized spacial score (nSPS) is 22.7. The van der Waals surface area contributed by atoms with E-state index in [2.05, 4.69) is 137 Å². The van der Waals surface area contributed by atoms with Gasteiger partial charge in [-0.15, -0.1) is 0 Å². The second-order valence-electron chi connectivity index (χ2n) is 5.98. The van der Waals surface area contributed by atoms with Crippen molar-refractivity contribution < 1.29 is 4.74 Å². The summed E-state index contributed by atoms with van der Waals surface area (Å²) in [5, 5.41) is 0. The molecule has 0 aliphatic rings. The second kappa shape index (κ2) is 12.7. The van der Waals surface area contributed by atoms with Crippen LogP contribution in [0.15, 0.2) is 0 Å². The van der Waals surface area contributed by atoms with Crippen LogP contribution in [0.1, 0.15) is 66.2 Å². The van der Waals surface area contributed by atoms with E-state index >= 15 is 0 Å². The van der Waals surface area contributed by atoms with Crippen molar-refractivity contribution in [1.29, 1.82) is 0 Å². The van der Waals surface area contributed by atoms with Crippen LogP contribution < -0.4 is 0 Å². The molecular weight excluding hydrogens is 782 g/mol. The molecule has 0 fully saturated rings. The van der Waals surface area contributed by atoms with Gasteiger partial charge < -0.3 is 4.74 Å². The summed E-state index contributed by atoms with van der Waals surface area (Å²) in [4.78, 5) is 0.647. The number of rotatable bonds is 12. The van der Waals surface area contributed by atoms with Crippen molar-refractivity contribution in [3.8, 4) is 0 Å². The van der Waals surface area contributed by atoms with Crippen molar-refractivity contribution >= 4 is 109 Å². The van der Waals surface area contributed by atoms with Gasteiger partial charge >= 0.3 is 0 Å². The molecule has 0 heterocycles. The Morgan fingerprint density at radius 2 is 1.13 bits per heavy atom. The van der Waals surface area contributed by atoms with Gasteiger partial charge in [-0.25, -0.2) is 0 Å². The fraction of sp³-hybridized carbons (Fsp3) is 1.00. The van der Waals surface area contributed by atoms with Gasteiger partial charge in [-0.05, 0) is 12.8 Å². The Balaban J connectivity index is 5.33. The van der Waals surface area contributed by atoms with Gasteiger partial charge in [0.2, 0.25) is 0 Å². The molecule has 7 heteroatoms. The quantitative estimate of drug-likeness (QED) is 0.142. The van der Waals surface area contributed by atoms with Crippen LogP contribution in [-0.2, 0) is 4.74 Å². The molecule has 23 heavy (non-hydrogen) atoms. The third-order valence-electron chi connectivity index (χ3n) is 3.89. The second-order valence-corrected chi connectivity index (χ2v) is 17.9. The van der Waals surface area contributed by atoms with Crippen LogP contribution in [0.3, 0.4) is 0 Å². The SMILES string of the molecule is CCCCC(OC(CCCC)C(Br)(I)C(C)Br)C(Br)(I)C(C)Br. The summed E-state index contributed by atoms with van der Waals surface area (Å²) in [5.41, 5.74) is 0. The van der Waals surface area contributed by atoms with Gasteiger partial charge in [0.1, 0.15) is 4.66 Å². The molecule has 6 atom stereocenters. The highest BCUT2D eigenvalue weighted by Gasteiger charge is 2.44. The molecule has 0 spiro atoms. The highest BCUT2D eigenvalue weighted by atomic mass is 127. The highest BCUT2D eigenvalue weighted by Crippen LogP contribution is 2.47. The largest absolute Gasteiger partial charge is 0.370 e. The monoisotopic (exact) mass is 806 g/mol. The lowest BCUT2D eigenvalue weighted by Crippen LogP contribution is -2.47. The lowest BCUT2D eigenvalue weighted by molar-refractivity contribution is -0.0256. The first kappa shape index (κ1) is 26.3. The first-order valence-electron chi connectivity index (χ1n) is 8.20. The minimum absolute atomic E-state index is 0.111. The Kier molecular flexibility index (Phi) is 14.6. The van der Waals surface area contributed by atoms with E-state index in [1.54, 1.807) is 0 Å². The van der Waals surface area contributed by atoms with Gasteiger partial charge in [0.25, 0.3) is 0 Å². The molecule has 1 nitrogen and oxygen atoms in total. The Bertz CT molecular complexity index is 295. The van der Waals surface area contributed by atoms with Crippen molar-refractivity contribution in [2.75, 3.05) is 0 Å². The minimum atomic E-state index is -0.111. The molecule has 6 unspecified atom stereocenters. The van der Waals surface area contributed by atoms with E-state index < -0.39 is 0 Å². The molecular formula is C16H28Br4I2O. The fourth-order valence-corrected chi connectivity index (χ4v) is 4.37. The number of unbranched alkanes of at least 4 members (excludes halogenated alkanes) is 2. The highest BCUT2D eigenvalue weighted by molar-refractivity contribution is 14.1. The maximum absolute atomic E-state index is 6.74. The maximum atomic E-state index is 6.74. The summed E-state index contributed by atoms with van der Waals surface area (Å²) in [5.74, 6) is 0.